The van der Waals surface area contributed by atoms with Gasteiger partial charge in [0.2, 0.25) is 5.91 Å². The van der Waals surface area contributed by atoms with Crippen molar-refractivity contribution < 1.29 is 9.53 Å². The van der Waals surface area contributed by atoms with Gasteiger partial charge < -0.3 is 10.1 Å². The number of aromatic nitrogens is 2. The van der Waals surface area contributed by atoms with Gasteiger partial charge in [-0.3, -0.25) is 14.2 Å². The van der Waals surface area contributed by atoms with Crippen LogP contribution >= 0.6 is 11.8 Å². The molecule has 0 aliphatic carbocycles. The fourth-order valence-electron chi connectivity index (χ4n) is 2.83. The molecule has 0 fully saturated rings. The van der Waals surface area contributed by atoms with E-state index in [-0.39, 0.29) is 23.3 Å². The first-order valence-corrected chi connectivity index (χ1v) is 10.5. The molecular weight excluding hydrogens is 386 g/mol. The molecule has 1 aromatic heterocycles. The summed E-state index contributed by atoms with van der Waals surface area (Å²) >= 11 is 1.24. The zero-order chi connectivity index (χ0) is 21.0. The molecule has 0 saturated heterocycles. The van der Waals surface area contributed by atoms with Crippen molar-refractivity contribution in [1.29, 1.82) is 0 Å². The summed E-state index contributed by atoms with van der Waals surface area (Å²) in [5, 5.41) is 3.95. The summed E-state index contributed by atoms with van der Waals surface area (Å²) in [5.41, 5.74) is 0.998. The normalized spacial score (nSPS) is 12.2. The summed E-state index contributed by atoms with van der Waals surface area (Å²) in [5.74, 6) is 0.975. The highest BCUT2D eigenvalue weighted by Crippen LogP contribution is 2.27. The molecule has 1 atom stereocenters. The lowest BCUT2D eigenvalue weighted by molar-refractivity contribution is -0.119. The van der Waals surface area contributed by atoms with Crippen molar-refractivity contribution in [3.8, 4) is 11.4 Å². The Morgan fingerprint density at radius 2 is 1.83 bits per heavy atom. The van der Waals surface area contributed by atoms with E-state index in [1.54, 1.807) is 25.3 Å². The molecule has 29 heavy (non-hydrogen) atoms. The summed E-state index contributed by atoms with van der Waals surface area (Å²) in [7, 11) is 1.56. The summed E-state index contributed by atoms with van der Waals surface area (Å²) in [6.07, 6.45) is 0. The summed E-state index contributed by atoms with van der Waals surface area (Å²) in [6.45, 7) is 6.09. The maximum Gasteiger partial charge on any atom is 0.266 e. The fraction of sp³-hybridized carbons (Fsp3) is 0.318. The van der Waals surface area contributed by atoms with Crippen LogP contribution in [0.1, 0.15) is 20.8 Å². The van der Waals surface area contributed by atoms with E-state index in [0.717, 1.165) is 0 Å². The van der Waals surface area contributed by atoms with Gasteiger partial charge in [-0.15, -0.1) is 0 Å². The number of nitrogens with zero attached hydrogens (tertiary/aromatic N) is 2. The molecule has 3 aromatic rings. The van der Waals surface area contributed by atoms with Crippen LogP contribution in [-0.4, -0.2) is 34.4 Å². The number of carbonyl (C=O) groups excluding carboxylic acids is 1. The number of amides is 1. The maximum absolute atomic E-state index is 13.3. The number of thioether (sulfide) groups is 1. The first-order valence-electron chi connectivity index (χ1n) is 9.49. The zero-order valence-corrected chi connectivity index (χ0v) is 17.8. The lowest BCUT2D eigenvalue weighted by Gasteiger charge is -2.18. The molecule has 0 unspecified atom stereocenters. The van der Waals surface area contributed by atoms with Crippen molar-refractivity contribution in [2.45, 2.75) is 32.0 Å². The molecular formula is C22H25N3O3S. The lowest BCUT2D eigenvalue weighted by atomic mass is 10.1. The third-order valence-corrected chi connectivity index (χ3v) is 5.73. The van der Waals surface area contributed by atoms with E-state index >= 15 is 0 Å². The van der Waals surface area contributed by atoms with Gasteiger partial charge in [0.25, 0.3) is 5.56 Å². The second kappa shape index (κ2) is 9.13. The Hall–Kier alpha value is -2.80. The molecule has 1 N–H and O–H groups in total. The van der Waals surface area contributed by atoms with Crippen LogP contribution in [-0.2, 0) is 4.79 Å². The van der Waals surface area contributed by atoms with E-state index in [9.17, 15) is 9.59 Å². The molecule has 0 saturated carbocycles. The smallest absolute Gasteiger partial charge is 0.266 e. The van der Waals surface area contributed by atoms with Crippen LogP contribution < -0.4 is 15.6 Å². The number of benzene rings is 2. The Morgan fingerprint density at radius 1 is 1.14 bits per heavy atom. The van der Waals surface area contributed by atoms with Crippen LogP contribution in [0.15, 0.2) is 58.5 Å². The van der Waals surface area contributed by atoms with Crippen molar-refractivity contribution >= 4 is 28.6 Å². The van der Waals surface area contributed by atoms with E-state index in [4.69, 9.17) is 4.74 Å². The number of hydrogen-bond donors (Lipinski definition) is 1. The molecule has 0 aliphatic rings. The van der Waals surface area contributed by atoms with E-state index < -0.39 is 0 Å². The van der Waals surface area contributed by atoms with Gasteiger partial charge in [-0.05, 0) is 37.1 Å². The minimum Gasteiger partial charge on any atom is -0.495 e. The van der Waals surface area contributed by atoms with Crippen LogP contribution in [0.3, 0.4) is 0 Å². The molecule has 1 amide bonds. The molecule has 3 rings (SSSR count). The van der Waals surface area contributed by atoms with Crippen molar-refractivity contribution in [3.05, 3.63) is 58.9 Å². The average molecular weight is 412 g/mol. The number of methoxy groups -OCH3 is 1. The molecule has 7 heteroatoms. The highest BCUT2D eigenvalue weighted by Gasteiger charge is 2.18. The molecule has 0 radical (unpaired) electrons. The Bertz CT molecular complexity index is 1080. The molecule has 0 spiro atoms. The lowest BCUT2D eigenvalue weighted by Crippen LogP contribution is -2.37. The van der Waals surface area contributed by atoms with Crippen LogP contribution in [0.5, 0.6) is 5.75 Å². The Labute approximate surface area is 174 Å². The Morgan fingerprint density at radius 3 is 2.55 bits per heavy atom. The first-order chi connectivity index (χ1) is 13.9. The van der Waals surface area contributed by atoms with Crippen LogP contribution in [0.2, 0.25) is 0 Å². The van der Waals surface area contributed by atoms with Crippen molar-refractivity contribution in [1.82, 2.24) is 14.9 Å². The second-order valence-corrected chi connectivity index (χ2v) is 8.06. The third kappa shape index (κ3) is 4.62. The van der Waals surface area contributed by atoms with Gasteiger partial charge in [-0.2, -0.15) is 0 Å². The second-order valence-electron chi connectivity index (χ2n) is 7.11. The van der Waals surface area contributed by atoms with E-state index in [1.165, 1.54) is 16.3 Å². The molecule has 2 aromatic carbocycles. The number of rotatable bonds is 7. The SMILES string of the molecule is COc1ccccc1-n1c(SCC(=O)N[C@H](C)C(C)C)nc2ccccc2c1=O. The molecule has 0 aliphatic heterocycles. The van der Waals surface area contributed by atoms with E-state index in [1.807, 2.05) is 37.3 Å². The topological polar surface area (TPSA) is 73.2 Å². The van der Waals surface area contributed by atoms with Crippen LogP contribution in [0, 0.1) is 5.92 Å². The van der Waals surface area contributed by atoms with Crippen molar-refractivity contribution in [2.24, 2.45) is 5.92 Å². The number of carbonyl (C=O) groups is 1. The quantitative estimate of drug-likeness (QED) is 0.475. The first kappa shape index (κ1) is 20.9. The summed E-state index contributed by atoms with van der Waals surface area (Å²) in [6, 6.07) is 14.6. The number of nitrogens with one attached hydrogen (secondary N) is 1. The molecule has 152 valence electrons. The summed E-state index contributed by atoms with van der Waals surface area (Å²) in [4.78, 5) is 30.3. The highest BCUT2D eigenvalue weighted by atomic mass is 32.2. The zero-order valence-electron chi connectivity index (χ0n) is 17.0. The number of ether oxygens (including phenoxy) is 1. The van der Waals surface area contributed by atoms with Crippen molar-refractivity contribution in [3.63, 3.8) is 0 Å². The summed E-state index contributed by atoms with van der Waals surface area (Å²) < 4.78 is 6.97. The number of fused-ring (bicyclic) bond motifs is 1. The van der Waals surface area contributed by atoms with Crippen LogP contribution in [0.25, 0.3) is 16.6 Å². The van der Waals surface area contributed by atoms with Gasteiger partial charge in [0.05, 0.1) is 29.5 Å². The fourth-order valence-corrected chi connectivity index (χ4v) is 3.65. The number of hydrogen-bond acceptors (Lipinski definition) is 5. The van der Waals surface area contributed by atoms with Gasteiger partial charge in [-0.25, -0.2) is 4.98 Å². The van der Waals surface area contributed by atoms with Gasteiger partial charge in [0, 0.05) is 6.04 Å². The predicted octanol–water partition coefficient (Wildman–Crippen LogP) is 3.65. The molecule has 0 bridgehead atoms. The van der Waals surface area contributed by atoms with Gasteiger partial charge >= 0.3 is 0 Å². The Balaban J connectivity index is 2.04. The monoisotopic (exact) mass is 411 g/mol. The molecule has 6 nitrogen and oxygen atoms in total. The van der Waals surface area contributed by atoms with Crippen molar-refractivity contribution in [2.75, 3.05) is 12.9 Å². The highest BCUT2D eigenvalue weighted by molar-refractivity contribution is 7.99. The maximum atomic E-state index is 13.3. The minimum absolute atomic E-state index is 0.0732. The average Bonchev–Trinajstić information content (AvgIpc) is 2.72. The van der Waals surface area contributed by atoms with E-state index in [2.05, 4.69) is 24.1 Å². The predicted molar refractivity (Wildman–Crippen MR) is 117 cm³/mol. The third-order valence-electron chi connectivity index (χ3n) is 4.79. The number of para-hydroxylation sites is 3. The van der Waals surface area contributed by atoms with Gasteiger partial charge in [-0.1, -0.05) is 49.9 Å². The van der Waals surface area contributed by atoms with Gasteiger partial charge in [0.1, 0.15) is 5.75 Å². The Kier molecular flexibility index (Phi) is 6.59. The van der Waals surface area contributed by atoms with Crippen LogP contribution in [0.4, 0.5) is 0 Å². The van der Waals surface area contributed by atoms with E-state index in [0.29, 0.717) is 33.4 Å². The van der Waals surface area contributed by atoms with Gasteiger partial charge in [0.15, 0.2) is 5.16 Å². The molecule has 1 heterocycles. The largest absolute Gasteiger partial charge is 0.495 e. The minimum atomic E-state index is -0.196. The standard InChI is InChI=1S/C22H25N3O3S/c1-14(2)15(3)23-20(26)13-29-22-24-17-10-6-5-9-16(17)21(27)25(22)18-11-7-8-12-19(18)28-4/h5-12,14-15H,13H2,1-4H3,(H,23,26)/t15-/m1/s1.